The number of aryl methyl sites for hydroxylation is 1. The quantitative estimate of drug-likeness (QED) is 0.534. The van der Waals surface area contributed by atoms with Crippen LogP contribution in [0.2, 0.25) is 0 Å². The molecule has 154 valence electrons. The van der Waals surface area contributed by atoms with Crippen molar-refractivity contribution in [3.05, 3.63) is 45.6 Å². The Hall–Kier alpha value is -3.43. The van der Waals surface area contributed by atoms with Gasteiger partial charge in [-0.2, -0.15) is 5.10 Å². The van der Waals surface area contributed by atoms with Crippen LogP contribution in [0.5, 0.6) is 17.4 Å². The molecule has 10 nitrogen and oxygen atoms in total. The number of carbonyl (C=O) groups excluding carboxylic acids is 1. The summed E-state index contributed by atoms with van der Waals surface area (Å²) in [6, 6.07) is 6.13. The van der Waals surface area contributed by atoms with Crippen LogP contribution in [0.15, 0.2) is 24.3 Å². The summed E-state index contributed by atoms with van der Waals surface area (Å²) in [5.41, 5.74) is 0.451. The summed E-state index contributed by atoms with van der Waals surface area (Å²) in [6.45, 7) is 2.66. The molecule has 1 aliphatic rings. The number of rotatable bonds is 6. The van der Waals surface area contributed by atoms with Gasteiger partial charge >= 0.3 is 0 Å². The van der Waals surface area contributed by atoms with Crippen molar-refractivity contribution in [1.29, 1.82) is 0 Å². The number of hydrogen-bond donors (Lipinski definition) is 0. The largest absolute Gasteiger partial charge is 0.493 e. The summed E-state index contributed by atoms with van der Waals surface area (Å²) < 4.78 is 16.1. The smallest absolute Gasteiger partial charge is 0.286 e. The third-order valence-electron chi connectivity index (χ3n) is 4.72. The molecule has 0 atom stereocenters. The lowest BCUT2D eigenvalue weighted by atomic mass is 10.0. The number of likely N-dealkylation sites (tertiary alicyclic amines) is 1. The van der Waals surface area contributed by atoms with Crippen molar-refractivity contribution in [3.63, 3.8) is 0 Å². The molecule has 1 aromatic heterocycles. The highest BCUT2D eigenvalue weighted by molar-refractivity contribution is 5.99. The van der Waals surface area contributed by atoms with Gasteiger partial charge in [-0.15, -0.1) is 5.10 Å². The average molecular weight is 402 g/mol. The van der Waals surface area contributed by atoms with Crippen molar-refractivity contribution in [3.8, 4) is 17.4 Å². The van der Waals surface area contributed by atoms with E-state index in [9.17, 15) is 14.9 Å². The van der Waals surface area contributed by atoms with Crippen LogP contribution >= 0.6 is 0 Å². The van der Waals surface area contributed by atoms with Gasteiger partial charge in [0.15, 0.2) is 11.5 Å². The average Bonchev–Trinajstić information content (AvgIpc) is 2.74. The van der Waals surface area contributed by atoms with Gasteiger partial charge < -0.3 is 19.1 Å². The minimum absolute atomic E-state index is 0.0311. The Bertz CT molecular complexity index is 894. The molecule has 0 radical (unpaired) electrons. The Labute approximate surface area is 167 Å². The fourth-order valence-electron chi connectivity index (χ4n) is 3.16. The number of hydrogen-bond acceptors (Lipinski definition) is 8. The molecule has 1 aliphatic heterocycles. The molecule has 0 spiro atoms. The SMILES string of the molecule is COc1cc(C(=O)N2CCC(Oc3ccc(C)nn3)CC2)c([N+](=O)[O-])cc1OC. The Balaban J connectivity index is 1.71. The fourth-order valence-corrected chi connectivity index (χ4v) is 3.16. The van der Waals surface area contributed by atoms with Crippen molar-refractivity contribution < 1.29 is 23.9 Å². The number of piperidine rings is 1. The van der Waals surface area contributed by atoms with Gasteiger partial charge in [0.05, 0.1) is 30.9 Å². The van der Waals surface area contributed by atoms with Crippen molar-refractivity contribution in [2.45, 2.75) is 25.9 Å². The predicted octanol–water partition coefficient (Wildman–Crippen LogP) is 2.39. The van der Waals surface area contributed by atoms with E-state index in [1.807, 2.05) is 13.0 Å². The number of nitro benzene ring substituents is 1. The normalized spacial score (nSPS) is 14.4. The van der Waals surface area contributed by atoms with Crippen LogP contribution in [0.25, 0.3) is 0 Å². The number of carbonyl (C=O) groups is 1. The van der Waals surface area contributed by atoms with Crippen LogP contribution < -0.4 is 14.2 Å². The molecule has 2 aromatic rings. The number of nitrogens with zero attached hydrogens (tertiary/aromatic N) is 4. The molecule has 0 bridgehead atoms. The molecule has 0 N–H and O–H groups in total. The van der Waals surface area contributed by atoms with E-state index >= 15 is 0 Å². The molecule has 2 heterocycles. The van der Waals surface area contributed by atoms with Crippen LogP contribution in [0, 0.1) is 17.0 Å². The summed E-state index contributed by atoms with van der Waals surface area (Å²) in [7, 11) is 2.79. The summed E-state index contributed by atoms with van der Waals surface area (Å²) in [4.78, 5) is 25.4. The molecule has 10 heteroatoms. The number of ether oxygens (including phenoxy) is 3. The highest BCUT2D eigenvalue weighted by Crippen LogP contribution is 2.35. The van der Waals surface area contributed by atoms with Gasteiger partial charge in [0.25, 0.3) is 11.6 Å². The molecular weight excluding hydrogens is 380 g/mol. The second kappa shape index (κ2) is 8.72. The second-order valence-corrected chi connectivity index (χ2v) is 6.60. The Morgan fingerprint density at radius 2 is 1.79 bits per heavy atom. The maximum atomic E-state index is 13.0. The second-order valence-electron chi connectivity index (χ2n) is 6.60. The predicted molar refractivity (Wildman–Crippen MR) is 103 cm³/mol. The topological polar surface area (TPSA) is 117 Å². The van der Waals surface area contributed by atoms with Crippen LogP contribution in [0.4, 0.5) is 5.69 Å². The third kappa shape index (κ3) is 4.53. The Kier molecular flexibility index (Phi) is 6.10. The monoisotopic (exact) mass is 402 g/mol. The van der Waals surface area contributed by atoms with Crippen LogP contribution in [0.1, 0.15) is 28.9 Å². The third-order valence-corrected chi connectivity index (χ3v) is 4.72. The van der Waals surface area contributed by atoms with E-state index < -0.39 is 10.8 Å². The minimum atomic E-state index is -0.596. The molecule has 0 saturated carbocycles. The van der Waals surface area contributed by atoms with Crippen LogP contribution in [-0.2, 0) is 0 Å². The van der Waals surface area contributed by atoms with Gasteiger partial charge in [-0.3, -0.25) is 14.9 Å². The van der Waals surface area contributed by atoms with E-state index in [0.717, 1.165) is 5.69 Å². The zero-order valence-corrected chi connectivity index (χ0v) is 16.5. The molecule has 1 fully saturated rings. The van der Waals surface area contributed by atoms with E-state index in [1.165, 1.54) is 26.4 Å². The van der Waals surface area contributed by atoms with Gasteiger partial charge in [0, 0.05) is 38.1 Å². The molecule has 0 aliphatic carbocycles. The van der Waals surface area contributed by atoms with Gasteiger partial charge in [-0.25, -0.2) is 0 Å². The fraction of sp³-hybridized carbons (Fsp3) is 0.421. The molecule has 29 heavy (non-hydrogen) atoms. The summed E-state index contributed by atoms with van der Waals surface area (Å²) >= 11 is 0. The van der Waals surface area contributed by atoms with Crippen LogP contribution in [-0.4, -0.2) is 59.3 Å². The van der Waals surface area contributed by atoms with Gasteiger partial charge in [0.2, 0.25) is 5.88 Å². The summed E-state index contributed by atoms with van der Waals surface area (Å²) in [6.07, 6.45) is 1.07. The molecular formula is C19H22N4O6. The highest BCUT2D eigenvalue weighted by atomic mass is 16.6. The molecule has 3 rings (SSSR count). The van der Waals surface area contributed by atoms with E-state index in [4.69, 9.17) is 14.2 Å². The molecule has 1 saturated heterocycles. The number of aromatic nitrogens is 2. The van der Waals surface area contributed by atoms with Crippen molar-refractivity contribution in [1.82, 2.24) is 15.1 Å². The summed E-state index contributed by atoms with van der Waals surface area (Å²) in [5.74, 6) is 0.474. The number of nitro groups is 1. The van der Waals surface area contributed by atoms with Gasteiger partial charge in [-0.1, -0.05) is 0 Å². The van der Waals surface area contributed by atoms with Crippen molar-refractivity contribution in [2.75, 3.05) is 27.3 Å². The maximum absolute atomic E-state index is 13.0. The van der Waals surface area contributed by atoms with E-state index in [0.29, 0.717) is 31.8 Å². The Morgan fingerprint density at radius 3 is 2.34 bits per heavy atom. The first kappa shape index (κ1) is 20.3. The van der Waals surface area contributed by atoms with Crippen LogP contribution in [0.3, 0.4) is 0 Å². The van der Waals surface area contributed by atoms with E-state index in [1.54, 1.807) is 11.0 Å². The molecule has 1 aromatic carbocycles. The maximum Gasteiger partial charge on any atom is 0.286 e. The molecule has 0 unspecified atom stereocenters. The number of amides is 1. The number of methoxy groups -OCH3 is 2. The lowest BCUT2D eigenvalue weighted by Gasteiger charge is -2.31. The summed E-state index contributed by atoms with van der Waals surface area (Å²) in [5, 5.41) is 19.4. The first-order valence-corrected chi connectivity index (χ1v) is 9.09. The van der Waals surface area contributed by atoms with Crippen molar-refractivity contribution in [2.24, 2.45) is 0 Å². The zero-order chi connectivity index (χ0) is 21.0. The first-order valence-electron chi connectivity index (χ1n) is 9.09. The van der Waals surface area contributed by atoms with Crippen molar-refractivity contribution >= 4 is 11.6 Å². The van der Waals surface area contributed by atoms with Gasteiger partial charge in [-0.05, 0) is 13.0 Å². The van der Waals surface area contributed by atoms with E-state index in [2.05, 4.69) is 10.2 Å². The lowest BCUT2D eigenvalue weighted by molar-refractivity contribution is -0.385. The lowest BCUT2D eigenvalue weighted by Crippen LogP contribution is -2.42. The molecule has 1 amide bonds. The highest BCUT2D eigenvalue weighted by Gasteiger charge is 2.31. The number of benzene rings is 1. The standard InChI is InChI=1S/C19H22N4O6/c1-12-4-5-18(21-20-12)29-13-6-8-22(9-7-13)19(24)14-10-16(27-2)17(28-3)11-15(14)23(25)26/h4-5,10-11,13H,6-9H2,1-3H3. The van der Waals surface area contributed by atoms with Gasteiger partial charge in [0.1, 0.15) is 11.7 Å². The first-order chi connectivity index (χ1) is 13.9. The zero-order valence-electron chi connectivity index (χ0n) is 16.5. The Morgan fingerprint density at radius 1 is 1.14 bits per heavy atom. The minimum Gasteiger partial charge on any atom is -0.493 e. The van der Waals surface area contributed by atoms with E-state index in [-0.39, 0.29) is 28.9 Å².